The maximum Gasteiger partial charge on any atom is 0.404 e. The zero-order valence-corrected chi connectivity index (χ0v) is 7.94. The molecule has 0 radical (unpaired) electrons. The van der Waals surface area contributed by atoms with Gasteiger partial charge >= 0.3 is 11.5 Å². The molecule has 4 heteroatoms. The van der Waals surface area contributed by atoms with Crippen molar-refractivity contribution in [2.45, 2.75) is 12.1 Å². The number of ketones is 1. The second-order valence-corrected chi connectivity index (χ2v) is 3.52. The lowest BCUT2D eigenvalue weighted by atomic mass is 9.83. The Balaban J connectivity index is 2.83. The monoisotopic (exact) mass is 172 g/mol. The molecule has 0 saturated heterocycles. The van der Waals surface area contributed by atoms with Crippen molar-refractivity contribution in [2.75, 3.05) is 28.2 Å². The highest BCUT2D eigenvalue weighted by Gasteiger charge is 2.58. The van der Waals surface area contributed by atoms with E-state index in [1.165, 1.54) is 0 Å². The van der Waals surface area contributed by atoms with Crippen LogP contribution in [0.1, 0.15) is 0 Å². The number of rotatable bonds is 1. The number of likely N-dealkylation sites (N-methyl/N-ethyl adjacent to an activating group) is 1. The summed E-state index contributed by atoms with van der Waals surface area (Å²) in [5, 5.41) is 9.58. The van der Waals surface area contributed by atoms with Crippen LogP contribution in [0, 0.1) is 0 Å². The van der Waals surface area contributed by atoms with Gasteiger partial charge in [0.1, 0.15) is 14.1 Å². The fourth-order valence-electron chi connectivity index (χ4n) is 1.53. The molecule has 1 aliphatic carbocycles. The molecule has 0 heterocycles. The molecule has 68 valence electrons. The molecule has 0 bridgehead atoms. The van der Waals surface area contributed by atoms with E-state index < -0.39 is 6.10 Å². The first kappa shape index (κ1) is 9.35. The lowest BCUT2D eigenvalue weighted by Crippen LogP contribution is -2.65. The standard InChI is InChI=1S/C8H15N2O2/c1-9(2)5-7(11)6(8(5)12)10(3)4/h5,7,11H,1-4H3/q+1/p+1. The quantitative estimate of drug-likeness (QED) is 0.388. The fraction of sp³-hybridized carbons (Fsp3) is 0.750. The number of hydrogen-bond donors (Lipinski definition) is 1. The Labute approximate surface area is 72.1 Å². The minimum Gasteiger partial charge on any atom is -0.380 e. The van der Waals surface area contributed by atoms with Crippen LogP contribution in [0.5, 0.6) is 0 Å². The van der Waals surface area contributed by atoms with Gasteiger partial charge in [-0.3, -0.25) is 9.69 Å². The van der Waals surface area contributed by atoms with Gasteiger partial charge < -0.3 is 5.11 Å². The van der Waals surface area contributed by atoms with Crippen molar-refractivity contribution in [3.63, 3.8) is 0 Å². The molecule has 0 aromatic carbocycles. The first-order valence-corrected chi connectivity index (χ1v) is 3.91. The number of aliphatic hydroxyl groups is 1. The molecule has 0 aliphatic heterocycles. The minimum atomic E-state index is -0.560. The molecule has 12 heavy (non-hydrogen) atoms. The fourth-order valence-corrected chi connectivity index (χ4v) is 1.53. The van der Waals surface area contributed by atoms with Gasteiger partial charge in [-0.25, -0.2) is 4.58 Å². The largest absolute Gasteiger partial charge is 0.404 e. The Bertz CT molecular complexity index is 241. The predicted molar refractivity (Wildman–Crippen MR) is 47.5 cm³/mol. The Morgan fingerprint density at radius 1 is 1.42 bits per heavy atom. The van der Waals surface area contributed by atoms with Crippen LogP contribution in [0.25, 0.3) is 0 Å². The number of carbonyl (C=O) groups excluding carboxylic acids is 1. The molecular weight excluding hydrogens is 156 g/mol. The normalized spacial score (nSPS) is 29.2. The van der Waals surface area contributed by atoms with E-state index in [4.69, 9.17) is 0 Å². The first-order chi connectivity index (χ1) is 5.46. The summed E-state index contributed by atoms with van der Waals surface area (Å²) in [6.45, 7) is 0. The van der Waals surface area contributed by atoms with Crippen LogP contribution < -0.4 is 0 Å². The maximum absolute atomic E-state index is 9.58. The van der Waals surface area contributed by atoms with E-state index in [1.54, 1.807) is 23.6 Å². The molecule has 2 unspecified atom stereocenters. The highest BCUT2D eigenvalue weighted by Crippen LogP contribution is 2.16. The smallest absolute Gasteiger partial charge is 0.380 e. The van der Waals surface area contributed by atoms with Crippen molar-refractivity contribution in [3.8, 4) is 0 Å². The number of nitrogens with zero attached hydrogens (tertiary/aromatic N) is 2. The Hall–Kier alpha value is -0.740. The second-order valence-electron chi connectivity index (χ2n) is 3.52. The molecule has 1 rings (SSSR count). The van der Waals surface area contributed by atoms with E-state index in [-0.39, 0.29) is 11.8 Å². The van der Waals surface area contributed by atoms with Crippen LogP contribution in [0.3, 0.4) is 0 Å². The summed E-state index contributed by atoms with van der Waals surface area (Å²) in [7, 11) is 7.27. The maximum atomic E-state index is 9.58. The molecule has 0 aromatic heterocycles. The molecule has 1 saturated carbocycles. The summed E-state index contributed by atoms with van der Waals surface area (Å²) < 4.78 is 1.74. The summed E-state index contributed by atoms with van der Waals surface area (Å²) in [5.74, 6) is 0.275. The van der Waals surface area contributed by atoms with E-state index in [9.17, 15) is 9.90 Å². The first-order valence-electron chi connectivity index (χ1n) is 3.91. The van der Waals surface area contributed by atoms with Crippen molar-refractivity contribution in [3.05, 3.63) is 0 Å². The van der Waals surface area contributed by atoms with E-state index in [1.807, 2.05) is 14.1 Å². The molecule has 0 aromatic rings. The molecule has 2 N–H and O–H groups in total. The topological polar surface area (TPSA) is 47.9 Å². The van der Waals surface area contributed by atoms with Gasteiger partial charge in [0.05, 0.1) is 0 Å². The van der Waals surface area contributed by atoms with Gasteiger partial charge in [0.25, 0.3) is 0 Å². The molecule has 1 fully saturated rings. The van der Waals surface area contributed by atoms with Crippen molar-refractivity contribution in [2.24, 2.45) is 0 Å². The molecule has 2 atom stereocenters. The predicted octanol–water partition coefficient (Wildman–Crippen LogP) is -1.45. The molecule has 4 nitrogen and oxygen atoms in total. The van der Waals surface area contributed by atoms with Gasteiger partial charge in [-0.2, -0.15) is 0 Å². The molecular formula is C8H16N2O2+2. The highest BCUT2D eigenvalue weighted by molar-refractivity contribution is 6.49. The van der Waals surface area contributed by atoms with Gasteiger partial charge in [-0.15, -0.1) is 0 Å². The third kappa shape index (κ3) is 1.17. The van der Waals surface area contributed by atoms with Crippen LogP contribution >= 0.6 is 0 Å². The Kier molecular flexibility index (Phi) is 2.30. The minimum absolute atomic E-state index is 0.234. The van der Waals surface area contributed by atoms with Crippen LogP contribution in [0.2, 0.25) is 0 Å². The zero-order chi connectivity index (χ0) is 9.46. The van der Waals surface area contributed by atoms with Gasteiger partial charge in [0.2, 0.25) is 0 Å². The molecule has 0 amide bonds. The van der Waals surface area contributed by atoms with Gasteiger partial charge in [0.15, 0.2) is 12.1 Å². The van der Waals surface area contributed by atoms with Crippen molar-refractivity contribution in [1.82, 2.24) is 4.90 Å². The summed E-state index contributed by atoms with van der Waals surface area (Å²) in [4.78, 5) is 11.3. The molecule has 1 aliphatic rings. The van der Waals surface area contributed by atoms with Crippen molar-refractivity contribution in [1.29, 1.82) is 0 Å². The summed E-state index contributed by atoms with van der Waals surface area (Å²) in [6, 6.07) is -0.234. The Morgan fingerprint density at radius 2 is 1.92 bits per heavy atom. The lowest BCUT2D eigenvalue weighted by Gasteiger charge is -2.30. The van der Waals surface area contributed by atoms with Crippen LogP contribution in [-0.4, -0.2) is 71.2 Å². The van der Waals surface area contributed by atoms with Crippen LogP contribution in [0.15, 0.2) is 0 Å². The summed E-state index contributed by atoms with van der Waals surface area (Å²) in [5.41, 5.74) is 0.619. The zero-order valence-electron chi connectivity index (χ0n) is 7.94. The number of aliphatic hydroxyl groups excluding tert-OH is 1. The number of hydrogen-bond acceptors (Lipinski definition) is 2. The highest BCUT2D eigenvalue weighted by atomic mass is 16.3. The van der Waals surface area contributed by atoms with E-state index in [0.717, 1.165) is 0 Å². The average Bonchev–Trinajstić information content (AvgIpc) is 1.84. The van der Waals surface area contributed by atoms with E-state index in [2.05, 4.69) is 0 Å². The van der Waals surface area contributed by atoms with Crippen LogP contribution in [0.4, 0.5) is 0 Å². The Morgan fingerprint density at radius 3 is 2.17 bits per heavy atom. The van der Waals surface area contributed by atoms with Crippen molar-refractivity contribution >= 4 is 11.5 Å². The lowest BCUT2D eigenvalue weighted by molar-refractivity contribution is -0.467. The van der Waals surface area contributed by atoms with Crippen LogP contribution in [-0.2, 0) is 0 Å². The molecule has 0 spiro atoms. The van der Waals surface area contributed by atoms with E-state index in [0.29, 0.717) is 5.71 Å². The SMILES string of the molecule is CN(C)C1C(=[OH+])C(=[N+](C)C)C1O. The average molecular weight is 172 g/mol. The van der Waals surface area contributed by atoms with Gasteiger partial charge in [-0.05, 0) is 14.1 Å². The van der Waals surface area contributed by atoms with E-state index >= 15 is 0 Å². The third-order valence-electron chi connectivity index (χ3n) is 2.16. The third-order valence-corrected chi connectivity index (χ3v) is 2.16. The van der Waals surface area contributed by atoms with Gasteiger partial charge in [0, 0.05) is 0 Å². The van der Waals surface area contributed by atoms with Gasteiger partial charge in [-0.1, -0.05) is 0 Å². The van der Waals surface area contributed by atoms with Crippen molar-refractivity contribution < 1.29 is 14.5 Å². The summed E-state index contributed by atoms with van der Waals surface area (Å²) in [6.07, 6.45) is -0.560. The summed E-state index contributed by atoms with van der Waals surface area (Å²) >= 11 is 0. The second kappa shape index (κ2) is 2.95.